The number of aryl methyl sites for hydroxylation is 1. The maximum absolute atomic E-state index is 12.1. The molecule has 0 spiro atoms. The first-order valence-corrected chi connectivity index (χ1v) is 7.85. The molecule has 25 heavy (non-hydrogen) atoms. The minimum absolute atomic E-state index is 0.0417. The van der Waals surface area contributed by atoms with E-state index in [1.165, 1.54) is 6.07 Å². The Hall–Kier alpha value is -2.86. The SMILES string of the molecule is COc1ccccc1-c1cc(COC(=O)c2cc(C)nc(Cl)c2)on1. The number of pyridine rings is 1. The third-order valence-electron chi connectivity index (χ3n) is 3.45. The number of hydrogen-bond donors (Lipinski definition) is 0. The lowest BCUT2D eigenvalue weighted by Crippen LogP contribution is -2.05. The van der Waals surface area contributed by atoms with Gasteiger partial charge in [-0.15, -0.1) is 0 Å². The van der Waals surface area contributed by atoms with Crippen LogP contribution in [0.15, 0.2) is 47.0 Å². The van der Waals surface area contributed by atoms with Crippen LogP contribution in [0, 0.1) is 6.92 Å². The number of aromatic nitrogens is 2. The number of ether oxygens (including phenoxy) is 2. The lowest BCUT2D eigenvalue weighted by molar-refractivity contribution is 0.0437. The summed E-state index contributed by atoms with van der Waals surface area (Å²) in [5.41, 5.74) is 2.37. The molecule has 0 aliphatic rings. The molecule has 0 fully saturated rings. The molecule has 0 amide bonds. The third-order valence-corrected chi connectivity index (χ3v) is 3.64. The molecule has 0 aliphatic carbocycles. The molecule has 7 heteroatoms. The first-order valence-electron chi connectivity index (χ1n) is 7.47. The molecular weight excluding hydrogens is 344 g/mol. The van der Waals surface area contributed by atoms with Crippen LogP contribution in [0.2, 0.25) is 5.15 Å². The summed E-state index contributed by atoms with van der Waals surface area (Å²) >= 11 is 5.85. The van der Waals surface area contributed by atoms with Crippen LogP contribution in [0.3, 0.4) is 0 Å². The summed E-state index contributed by atoms with van der Waals surface area (Å²) in [5, 5.41) is 4.24. The third kappa shape index (κ3) is 3.97. The normalized spacial score (nSPS) is 10.5. The lowest BCUT2D eigenvalue weighted by atomic mass is 10.1. The Morgan fingerprint density at radius 1 is 1.24 bits per heavy atom. The van der Waals surface area contributed by atoms with Crippen molar-refractivity contribution in [3.8, 4) is 17.0 Å². The molecule has 3 rings (SSSR count). The number of nitrogens with zero attached hydrogens (tertiary/aromatic N) is 2. The molecule has 2 aromatic heterocycles. The summed E-state index contributed by atoms with van der Waals surface area (Å²) in [4.78, 5) is 16.1. The van der Waals surface area contributed by atoms with E-state index in [9.17, 15) is 4.79 Å². The molecule has 0 N–H and O–H groups in total. The molecule has 2 heterocycles. The fraction of sp³-hybridized carbons (Fsp3) is 0.167. The van der Waals surface area contributed by atoms with Crippen LogP contribution in [0.5, 0.6) is 5.75 Å². The van der Waals surface area contributed by atoms with Crippen LogP contribution in [0.1, 0.15) is 21.8 Å². The largest absolute Gasteiger partial charge is 0.496 e. The number of carbonyl (C=O) groups is 1. The van der Waals surface area contributed by atoms with Crippen LogP contribution in [0.25, 0.3) is 11.3 Å². The average Bonchev–Trinajstić information content (AvgIpc) is 3.07. The minimum atomic E-state index is -0.511. The van der Waals surface area contributed by atoms with Gasteiger partial charge in [0.15, 0.2) is 12.4 Å². The molecule has 0 saturated carbocycles. The van der Waals surface area contributed by atoms with Gasteiger partial charge in [-0.05, 0) is 31.2 Å². The molecule has 3 aromatic rings. The molecular formula is C18H15ClN2O4. The second kappa shape index (κ2) is 7.36. The van der Waals surface area contributed by atoms with Crippen LogP contribution in [-0.4, -0.2) is 23.2 Å². The Kier molecular flexibility index (Phi) is 5.00. The van der Waals surface area contributed by atoms with Crippen LogP contribution < -0.4 is 4.74 Å². The van der Waals surface area contributed by atoms with Crippen molar-refractivity contribution in [2.24, 2.45) is 0 Å². The molecule has 0 bridgehead atoms. The van der Waals surface area contributed by atoms with E-state index in [0.29, 0.717) is 28.5 Å². The van der Waals surface area contributed by atoms with Gasteiger partial charge >= 0.3 is 5.97 Å². The Bertz CT molecular complexity index is 887. The van der Waals surface area contributed by atoms with Crippen LogP contribution >= 0.6 is 11.6 Å². The van der Waals surface area contributed by atoms with Gasteiger partial charge in [0.2, 0.25) is 0 Å². The molecule has 1 aromatic carbocycles. The van der Waals surface area contributed by atoms with Crippen molar-refractivity contribution >= 4 is 17.6 Å². The highest BCUT2D eigenvalue weighted by Crippen LogP contribution is 2.29. The number of methoxy groups -OCH3 is 1. The van der Waals surface area contributed by atoms with Crippen LogP contribution in [-0.2, 0) is 11.3 Å². The Morgan fingerprint density at radius 2 is 2.04 bits per heavy atom. The van der Waals surface area contributed by atoms with Crippen LogP contribution in [0.4, 0.5) is 0 Å². The number of carbonyl (C=O) groups excluding carboxylic acids is 1. The van der Waals surface area contributed by atoms with Crippen molar-refractivity contribution in [3.63, 3.8) is 0 Å². The molecule has 0 unspecified atom stereocenters. The smallest absolute Gasteiger partial charge is 0.338 e. The zero-order valence-electron chi connectivity index (χ0n) is 13.7. The van der Waals surface area contributed by atoms with Crippen molar-refractivity contribution in [3.05, 3.63) is 64.6 Å². The lowest BCUT2D eigenvalue weighted by Gasteiger charge is -2.04. The summed E-state index contributed by atoms with van der Waals surface area (Å²) in [6.07, 6.45) is 0. The van der Waals surface area contributed by atoms with Crippen molar-refractivity contribution in [1.29, 1.82) is 0 Å². The Balaban J connectivity index is 1.70. The van der Waals surface area contributed by atoms with E-state index < -0.39 is 5.97 Å². The van der Waals surface area contributed by atoms with Gasteiger partial charge in [0, 0.05) is 17.3 Å². The number of benzene rings is 1. The second-order valence-electron chi connectivity index (χ2n) is 5.27. The van der Waals surface area contributed by atoms with E-state index >= 15 is 0 Å². The van der Waals surface area contributed by atoms with Gasteiger partial charge in [0.1, 0.15) is 16.6 Å². The molecule has 0 aliphatic heterocycles. The predicted molar refractivity (Wildman–Crippen MR) is 91.6 cm³/mol. The topological polar surface area (TPSA) is 74.5 Å². The molecule has 6 nitrogen and oxygen atoms in total. The molecule has 128 valence electrons. The molecule has 0 atom stereocenters. The van der Waals surface area contributed by atoms with Crippen molar-refractivity contribution in [2.45, 2.75) is 13.5 Å². The quantitative estimate of drug-likeness (QED) is 0.505. The number of hydrogen-bond acceptors (Lipinski definition) is 6. The monoisotopic (exact) mass is 358 g/mol. The van der Waals surface area contributed by atoms with Gasteiger partial charge in [-0.2, -0.15) is 0 Å². The maximum atomic E-state index is 12.1. The van der Waals surface area contributed by atoms with Gasteiger partial charge in [-0.3, -0.25) is 0 Å². The van der Waals surface area contributed by atoms with E-state index in [4.69, 9.17) is 25.6 Å². The zero-order valence-corrected chi connectivity index (χ0v) is 14.4. The Labute approximate surface area is 149 Å². The first-order chi connectivity index (χ1) is 12.1. The fourth-order valence-corrected chi connectivity index (χ4v) is 2.58. The Morgan fingerprint density at radius 3 is 2.80 bits per heavy atom. The van der Waals surface area contributed by atoms with Crippen molar-refractivity contribution < 1.29 is 18.8 Å². The summed E-state index contributed by atoms with van der Waals surface area (Å²) in [6.45, 7) is 1.71. The summed E-state index contributed by atoms with van der Waals surface area (Å²) < 4.78 is 15.8. The zero-order chi connectivity index (χ0) is 17.8. The second-order valence-corrected chi connectivity index (χ2v) is 5.66. The number of halogens is 1. The van der Waals surface area contributed by atoms with E-state index in [2.05, 4.69) is 10.1 Å². The average molecular weight is 359 g/mol. The predicted octanol–water partition coefficient (Wildman–Crippen LogP) is 4.06. The van der Waals surface area contributed by atoms with Crippen molar-refractivity contribution in [1.82, 2.24) is 10.1 Å². The highest BCUT2D eigenvalue weighted by molar-refractivity contribution is 6.29. The van der Waals surface area contributed by atoms with E-state index in [0.717, 1.165) is 5.56 Å². The number of para-hydroxylation sites is 1. The number of esters is 1. The minimum Gasteiger partial charge on any atom is -0.496 e. The van der Waals surface area contributed by atoms with Gasteiger partial charge in [0.05, 0.1) is 12.7 Å². The molecule has 0 radical (unpaired) electrons. The maximum Gasteiger partial charge on any atom is 0.338 e. The van der Waals surface area contributed by atoms with E-state index in [-0.39, 0.29) is 11.8 Å². The van der Waals surface area contributed by atoms with E-state index in [1.54, 1.807) is 26.2 Å². The summed E-state index contributed by atoms with van der Waals surface area (Å²) in [5.74, 6) is 0.593. The number of rotatable bonds is 5. The highest BCUT2D eigenvalue weighted by atomic mass is 35.5. The standard InChI is InChI=1S/C18H15ClN2O4/c1-11-7-12(8-17(19)20-11)18(22)24-10-13-9-15(21-25-13)14-5-3-4-6-16(14)23-2/h3-9H,10H2,1-2H3. The van der Waals surface area contributed by atoms with Gasteiger partial charge < -0.3 is 14.0 Å². The van der Waals surface area contributed by atoms with Gasteiger partial charge in [0.25, 0.3) is 0 Å². The highest BCUT2D eigenvalue weighted by Gasteiger charge is 2.14. The van der Waals surface area contributed by atoms with Gasteiger partial charge in [-0.1, -0.05) is 28.9 Å². The van der Waals surface area contributed by atoms with E-state index in [1.807, 2.05) is 24.3 Å². The first kappa shape index (κ1) is 17.0. The van der Waals surface area contributed by atoms with Crippen molar-refractivity contribution in [2.75, 3.05) is 7.11 Å². The molecule has 0 saturated heterocycles. The summed E-state index contributed by atoms with van der Waals surface area (Å²) in [7, 11) is 1.59. The summed E-state index contributed by atoms with van der Waals surface area (Å²) in [6, 6.07) is 12.2. The fourth-order valence-electron chi connectivity index (χ4n) is 2.33. The van der Waals surface area contributed by atoms with Gasteiger partial charge in [-0.25, -0.2) is 9.78 Å².